The highest BCUT2D eigenvalue weighted by Gasteiger charge is 2.14. The molecule has 0 rings (SSSR count). The van der Waals surface area contributed by atoms with Crippen molar-refractivity contribution in [3.05, 3.63) is 25.3 Å². The molecular formula is C10H14O4. The smallest absolute Gasteiger partial charge is 0.333 e. The van der Waals surface area contributed by atoms with Crippen molar-refractivity contribution in [1.82, 2.24) is 0 Å². The Morgan fingerprint density at radius 3 is 1.93 bits per heavy atom. The fourth-order valence-electron chi connectivity index (χ4n) is 0.733. The third-order valence-corrected chi connectivity index (χ3v) is 1.35. The summed E-state index contributed by atoms with van der Waals surface area (Å²) in [6.45, 7) is 8.36. The summed E-state index contributed by atoms with van der Waals surface area (Å²) in [5, 5.41) is 0. The van der Waals surface area contributed by atoms with Crippen LogP contribution in [-0.2, 0) is 19.1 Å². The van der Waals surface area contributed by atoms with Crippen LogP contribution in [-0.4, -0.2) is 18.2 Å². The van der Waals surface area contributed by atoms with Crippen LogP contribution in [0.4, 0.5) is 0 Å². The molecule has 0 aliphatic rings. The van der Waals surface area contributed by atoms with Crippen molar-refractivity contribution >= 4 is 11.9 Å². The molecule has 0 saturated heterocycles. The van der Waals surface area contributed by atoms with E-state index in [0.717, 1.165) is 18.6 Å². The summed E-state index contributed by atoms with van der Waals surface area (Å²) < 4.78 is 9.53. The Hall–Kier alpha value is -1.58. The molecule has 0 spiro atoms. The molecule has 0 saturated carbocycles. The average molecular weight is 198 g/mol. The second kappa shape index (κ2) is 6.88. The quantitative estimate of drug-likeness (QED) is 0.369. The van der Waals surface area contributed by atoms with Gasteiger partial charge in [0.25, 0.3) is 0 Å². The minimum Gasteiger partial charge on any atom is -0.422 e. The zero-order valence-electron chi connectivity index (χ0n) is 8.19. The number of hydrogen-bond acceptors (Lipinski definition) is 4. The normalized spacial score (nSPS) is 9.29. The summed E-state index contributed by atoms with van der Waals surface area (Å²) in [5.74, 6) is -1.22. The van der Waals surface area contributed by atoms with Gasteiger partial charge in [0.2, 0.25) is 6.29 Å². The summed E-state index contributed by atoms with van der Waals surface area (Å²) in [6, 6.07) is 0. The lowest BCUT2D eigenvalue weighted by molar-refractivity contribution is -0.181. The van der Waals surface area contributed by atoms with Crippen molar-refractivity contribution in [3.63, 3.8) is 0 Å². The highest BCUT2D eigenvalue weighted by Crippen LogP contribution is 2.05. The van der Waals surface area contributed by atoms with Gasteiger partial charge in [-0.15, -0.1) is 0 Å². The summed E-state index contributed by atoms with van der Waals surface area (Å²) >= 11 is 0. The van der Waals surface area contributed by atoms with Crippen LogP contribution in [0.15, 0.2) is 25.3 Å². The van der Waals surface area contributed by atoms with Crippen molar-refractivity contribution in [2.75, 3.05) is 0 Å². The van der Waals surface area contributed by atoms with Gasteiger partial charge in [-0.25, -0.2) is 9.59 Å². The van der Waals surface area contributed by atoms with E-state index in [4.69, 9.17) is 9.47 Å². The van der Waals surface area contributed by atoms with Crippen LogP contribution >= 0.6 is 0 Å². The van der Waals surface area contributed by atoms with E-state index in [-0.39, 0.29) is 0 Å². The second-order valence-corrected chi connectivity index (χ2v) is 2.50. The molecule has 0 aromatic rings. The monoisotopic (exact) mass is 198 g/mol. The molecule has 4 nitrogen and oxygen atoms in total. The van der Waals surface area contributed by atoms with Gasteiger partial charge in [-0.05, 0) is 6.42 Å². The summed E-state index contributed by atoms with van der Waals surface area (Å²) in [5.41, 5.74) is 0. The maximum atomic E-state index is 10.8. The van der Waals surface area contributed by atoms with E-state index in [1.54, 1.807) is 0 Å². The largest absolute Gasteiger partial charge is 0.422 e. The lowest BCUT2D eigenvalue weighted by Gasteiger charge is -2.15. The third kappa shape index (κ3) is 5.13. The van der Waals surface area contributed by atoms with E-state index in [9.17, 15) is 9.59 Å². The molecule has 0 unspecified atom stereocenters. The summed E-state index contributed by atoms with van der Waals surface area (Å²) in [6.07, 6.45) is 2.38. The van der Waals surface area contributed by atoms with Gasteiger partial charge in [-0.1, -0.05) is 20.1 Å². The molecule has 0 aromatic heterocycles. The lowest BCUT2D eigenvalue weighted by atomic mass is 10.3. The molecule has 0 aliphatic carbocycles. The van der Waals surface area contributed by atoms with Gasteiger partial charge in [0.15, 0.2) is 0 Å². The number of rotatable bonds is 6. The predicted molar refractivity (Wildman–Crippen MR) is 51.3 cm³/mol. The Balaban J connectivity index is 4.13. The van der Waals surface area contributed by atoms with Crippen molar-refractivity contribution in [2.24, 2.45) is 0 Å². The van der Waals surface area contributed by atoms with Crippen molar-refractivity contribution < 1.29 is 19.1 Å². The van der Waals surface area contributed by atoms with Gasteiger partial charge in [-0.3, -0.25) is 0 Å². The van der Waals surface area contributed by atoms with Crippen LogP contribution in [0.3, 0.4) is 0 Å². The number of esters is 2. The molecule has 0 heterocycles. The molecule has 0 amide bonds. The van der Waals surface area contributed by atoms with E-state index in [1.807, 2.05) is 6.92 Å². The maximum absolute atomic E-state index is 10.8. The SMILES string of the molecule is C=CC(=O)OC(CCC)OC(=O)C=C. The van der Waals surface area contributed by atoms with E-state index >= 15 is 0 Å². The van der Waals surface area contributed by atoms with Crippen molar-refractivity contribution in [1.29, 1.82) is 0 Å². The van der Waals surface area contributed by atoms with Crippen molar-refractivity contribution in [3.8, 4) is 0 Å². The van der Waals surface area contributed by atoms with E-state index in [1.165, 1.54) is 0 Å². The first-order valence-electron chi connectivity index (χ1n) is 4.30. The molecule has 78 valence electrons. The first-order chi connectivity index (χ1) is 6.63. The van der Waals surface area contributed by atoms with Gasteiger partial charge in [0.05, 0.1) is 0 Å². The number of carbonyl (C=O) groups excluding carboxylic acids is 2. The summed E-state index contributed by atoms with van der Waals surface area (Å²) in [4.78, 5) is 21.6. The molecule has 0 aromatic carbocycles. The molecule has 0 aliphatic heterocycles. The van der Waals surface area contributed by atoms with Gasteiger partial charge in [0, 0.05) is 18.6 Å². The Labute approximate surface area is 83.2 Å². The number of ether oxygens (including phenoxy) is 2. The molecule has 14 heavy (non-hydrogen) atoms. The topological polar surface area (TPSA) is 52.6 Å². The zero-order chi connectivity index (χ0) is 11.0. The van der Waals surface area contributed by atoms with Gasteiger partial charge in [-0.2, -0.15) is 0 Å². The molecule has 0 atom stereocenters. The minimum atomic E-state index is -0.851. The van der Waals surface area contributed by atoms with Crippen molar-refractivity contribution in [2.45, 2.75) is 26.1 Å². The molecule has 0 bridgehead atoms. The highest BCUT2D eigenvalue weighted by atomic mass is 16.7. The molecule has 4 heteroatoms. The van der Waals surface area contributed by atoms with Crippen LogP contribution in [0, 0.1) is 0 Å². The minimum absolute atomic E-state index is 0.458. The predicted octanol–water partition coefficient (Wildman–Crippen LogP) is 1.57. The first kappa shape index (κ1) is 12.4. The molecule has 0 N–H and O–H groups in total. The van der Waals surface area contributed by atoms with E-state index in [0.29, 0.717) is 6.42 Å². The van der Waals surface area contributed by atoms with Crippen LogP contribution in [0.1, 0.15) is 19.8 Å². The van der Waals surface area contributed by atoms with E-state index in [2.05, 4.69) is 13.2 Å². The molecule has 0 radical (unpaired) electrons. The Morgan fingerprint density at radius 2 is 1.64 bits per heavy atom. The molecular weight excluding hydrogens is 184 g/mol. The van der Waals surface area contributed by atoms with E-state index < -0.39 is 18.2 Å². The fraction of sp³-hybridized carbons (Fsp3) is 0.400. The van der Waals surface area contributed by atoms with Crippen LogP contribution in [0.5, 0.6) is 0 Å². The zero-order valence-corrected chi connectivity index (χ0v) is 8.19. The summed E-state index contributed by atoms with van der Waals surface area (Å²) in [7, 11) is 0. The average Bonchev–Trinajstić information content (AvgIpc) is 2.17. The number of hydrogen-bond donors (Lipinski definition) is 0. The standard InChI is InChI=1S/C10H14O4/c1-4-7-10(13-8(11)5-2)14-9(12)6-3/h5-6,10H,2-4,7H2,1H3. The Bertz CT molecular complexity index is 210. The van der Waals surface area contributed by atoms with Gasteiger partial charge >= 0.3 is 11.9 Å². The Kier molecular flexibility index (Phi) is 6.11. The third-order valence-electron chi connectivity index (χ3n) is 1.35. The van der Waals surface area contributed by atoms with Crippen LogP contribution < -0.4 is 0 Å². The maximum Gasteiger partial charge on any atom is 0.333 e. The highest BCUT2D eigenvalue weighted by molar-refractivity contribution is 5.82. The Morgan fingerprint density at radius 1 is 1.21 bits per heavy atom. The first-order valence-corrected chi connectivity index (χ1v) is 4.30. The molecule has 0 fully saturated rings. The van der Waals surface area contributed by atoms with Gasteiger partial charge in [0.1, 0.15) is 0 Å². The van der Waals surface area contributed by atoms with Crippen LogP contribution in [0.25, 0.3) is 0 Å². The van der Waals surface area contributed by atoms with Gasteiger partial charge < -0.3 is 9.47 Å². The van der Waals surface area contributed by atoms with Crippen LogP contribution in [0.2, 0.25) is 0 Å². The number of carbonyl (C=O) groups is 2. The lowest BCUT2D eigenvalue weighted by Crippen LogP contribution is -2.22. The fourth-order valence-corrected chi connectivity index (χ4v) is 0.733. The second-order valence-electron chi connectivity index (χ2n) is 2.50.